The van der Waals surface area contributed by atoms with E-state index in [0.717, 1.165) is 42.1 Å². The molecule has 0 spiro atoms. The van der Waals surface area contributed by atoms with Gasteiger partial charge in [-0.1, -0.05) is 74.0 Å². The lowest BCUT2D eigenvalue weighted by Crippen LogP contribution is -2.65. The second-order valence-electron chi connectivity index (χ2n) is 10.3. The van der Waals surface area contributed by atoms with Crippen molar-refractivity contribution in [3.05, 3.63) is 70.9 Å². The molecule has 2 amide bonds. The molecule has 35 heavy (non-hydrogen) atoms. The maximum atomic E-state index is 13.9. The van der Waals surface area contributed by atoms with Crippen LogP contribution in [0.4, 0.5) is 0 Å². The maximum Gasteiger partial charge on any atom is 0.271 e. The lowest BCUT2D eigenvalue weighted by Gasteiger charge is -2.45. The van der Waals surface area contributed by atoms with Crippen molar-refractivity contribution in [1.82, 2.24) is 14.8 Å². The summed E-state index contributed by atoms with van der Waals surface area (Å²) in [6.07, 6.45) is 8.73. The van der Waals surface area contributed by atoms with Crippen LogP contribution < -0.4 is 5.32 Å². The SMILES string of the molecule is CC1(C(=O)NC2CCCCCCC2)Cn2c(cc3ccccc32)C(=O)N1CCc1ccc(Cl)cc1. The highest BCUT2D eigenvalue weighted by Gasteiger charge is 2.47. The molecule has 184 valence electrons. The molecule has 5 nitrogen and oxygen atoms in total. The fourth-order valence-corrected chi connectivity index (χ4v) is 5.82. The van der Waals surface area contributed by atoms with Gasteiger partial charge in [0.2, 0.25) is 5.91 Å². The lowest BCUT2D eigenvalue weighted by molar-refractivity contribution is -0.133. The van der Waals surface area contributed by atoms with Crippen molar-refractivity contribution in [3.8, 4) is 0 Å². The first-order valence-electron chi connectivity index (χ1n) is 12.9. The molecule has 1 aromatic heterocycles. The number of para-hydroxylation sites is 1. The number of benzene rings is 2. The van der Waals surface area contributed by atoms with Crippen molar-refractivity contribution < 1.29 is 9.59 Å². The Balaban J connectivity index is 1.46. The van der Waals surface area contributed by atoms with Crippen LogP contribution in [-0.4, -0.2) is 39.4 Å². The average molecular weight is 492 g/mol. The first-order chi connectivity index (χ1) is 17.0. The van der Waals surface area contributed by atoms with E-state index in [9.17, 15) is 9.59 Å². The molecule has 5 rings (SSSR count). The van der Waals surface area contributed by atoms with Gasteiger partial charge in [-0.05, 0) is 56.0 Å². The highest BCUT2D eigenvalue weighted by atomic mass is 35.5. The van der Waals surface area contributed by atoms with E-state index in [2.05, 4.69) is 5.32 Å². The first-order valence-corrected chi connectivity index (χ1v) is 13.3. The van der Waals surface area contributed by atoms with Gasteiger partial charge in [0, 0.05) is 28.5 Å². The fraction of sp³-hybridized carbons (Fsp3) is 0.448. The van der Waals surface area contributed by atoms with Crippen LogP contribution in [0.2, 0.25) is 5.02 Å². The fourth-order valence-electron chi connectivity index (χ4n) is 5.69. The third kappa shape index (κ3) is 4.84. The Morgan fingerprint density at radius 1 is 1.03 bits per heavy atom. The van der Waals surface area contributed by atoms with Gasteiger partial charge in [-0.2, -0.15) is 0 Å². The summed E-state index contributed by atoms with van der Waals surface area (Å²) in [6.45, 7) is 2.85. The molecule has 1 saturated carbocycles. The van der Waals surface area contributed by atoms with E-state index in [1.165, 1.54) is 19.3 Å². The number of fused-ring (bicyclic) bond motifs is 3. The maximum absolute atomic E-state index is 13.9. The molecule has 1 atom stereocenters. The minimum atomic E-state index is -0.972. The van der Waals surface area contributed by atoms with E-state index >= 15 is 0 Å². The topological polar surface area (TPSA) is 54.3 Å². The van der Waals surface area contributed by atoms with Gasteiger partial charge in [0.1, 0.15) is 11.2 Å². The molecule has 1 aliphatic heterocycles. The molecule has 1 fully saturated rings. The summed E-state index contributed by atoms with van der Waals surface area (Å²) in [4.78, 5) is 29.6. The van der Waals surface area contributed by atoms with Crippen LogP contribution in [0.5, 0.6) is 0 Å². The zero-order valence-corrected chi connectivity index (χ0v) is 21.2. The molecule has 2 heterocycles. The molecule has 3 aromatic rings. The number of halogens is 1. The summed E-state index contributed by atoms with van der Waals surface area (Å²) in [7, 11) is 0. The number of carbonyl (C=O) groups excluding carboxylic acids is 2. The molecule has 0 bridgehead atoms. The average Bonchev–Trinajstić information content (AvgIpc) is 3.20. The van der Waals surface area contributed by atoms with Crippen LogP contribution in [0.3, 0.4) is 0 Å². The van der Waals surface area contributed by atoms with E-state index in [0.29, 0.717) is 30.2 Å². The Bertz CT molecular complexity index is 1210. The van der Waals surface area contributed by atoms with Crippen LogP contribution in [0.1, 0.15) is 67.9 Å². The summed E-state index contributed by atoms with van der Waals surface area (Å²) in [6, 6.07) is 17.9. The number of carbonyl (C=O) groups is 2. The van der Waals surface area contributed by atoms with Gasteiger partial charge in [-0.25, -0.2) is 0 Å². The van der Waals surface area contributed by atoms with E-state index in [-0.39, 0.29) is 17.9 Å². The van der Waals surface area contributed by atoms with Crippen molar-refractivity contribution in [2.75, 3.05) is 6.54 Å². The lowest BCUT2D eigenvalue weighted by atomic mass is 9.91. The van der Waals surface area contributed by atoms with Crippen molar-refractivity contribution in [2.45, 2.75) is 76.4 Å². The van der Waals surface area contributed by atoms with E-state index < -0.39 is 5.54 Å². The van der Waals surface area contributed by atoms with Crippen molar-refractivity contribution in [2.24, 2.45) is 0 Å². The number of aromatic nitrogens is 1. The molecule has 2 aromatic carbocycles. The summed E-state index contributed by atoms with van der Waals surface area (Å²) in [5, 5.41) is 5.08. The summed E-state index contributed by atoms with van der Waals surface area (Å²) in [5.74, 6) is -0.132. The van der Waals surface area contributed by atoms with E-state index in [1.54, 1.807) is 4.90 Å². The number of nitrogens with zero attached hydrogens (tertiary/aromatic N) is 2. The van der Waals surface area contributed by atoms with Gasteiger partial charge in [0.15, 0.2) is 0 Å². The Hall–Kier alpha value is -2.79. The molecule has 0 saturated heterocycles. The van der Waals surface area contributed by atoms with Crippen LogP contribution in [-0.2, 0) is 17.8 Å². The predicted octanol–water partition coefficient (Wildman–Crippen LogP) is 5.98. The molecule has 1 aliphatic carbocycles. The van der Waals surface area contributed by atoms with Crippen LogP contribution in [0.15, 0.2) is 54.6 Å². The van der Waals surface area contributed by atoms with Crippen molar-refractivity contribution in [1.29, 1.82) is 0 Å². The number of amides is 2. The van der Waals surface area contributed by atoms with Crippen LogP contribution >= 0.6 is 11.6 Å². The van der Waals surface area contributed by atoms with Crippen LogP contribution in [0.25, 0.3) is 10.9 Å². The Morgan fingerprint density at radius 2 is 1.71 bits per heavy atom. The number of nitrogens with one attached hydrogen (secondary N) is 1. The molecular formula is C29H34ClN3O2. The van der Waals surface area contributed by atoms with Gasteiger partial charge < -0.3 is 14.8 Å². The second-order valence-corrected chi connectivity index (χ2v) is 10.7. The third-order valence-corrected chi connectivity index (χ3v) is 8.06. The highest BCUT2D eigenvalue weighted by Crippen LogP contribution is 2.33. The molecule has 0 radical (unpaired) electrons. The molecule has 1 N–H and O–H groups in total. The minimum absolute atomic E-state index is 0.0454. The van der Waals surface area contributed by atoms with Crippen LogP contribution in [0, 0.1) is 0 Å². The zero-order chi connectivity index (χ0) is 24.4. The van der Waals surface area contributed by atoms with Gasteiger partial charge >= 0.3 is 0 Å². The standard InChI is InChI=1S/C29H34ClN3O2/c1-29(28(35)31-24-10-5-3-2-4-6-11-24)20-32-25-12-8-7-9-22(25)19-26(32)27(34)33(29)18-17-21-13-15-23(30)16-14-21/h7-9,12-16,19,24H,2-6,10-11,17-18,20H2,1H3,(H,31,35). The van der Waals surface area contributed by atoms with Gasteiger partial charge in [0.25, 0.3) is 5.91 Å². The number of hydrogen-bond acceptors (Lipinski definition) is 2. The van der Waals surface area contributed by atoms with Gasteiger partial charge in [-0.3, -0.25) is 9.59 Å². The minimum Gasteiger partial charge on any atom is -0.351 e. The summed E-state index contributed by atoms with van der Waals surface area (Å²) < 4.78 is 2.04. The second kappa shape index (κ2) is 10.1. The highest BCUT2D eigenvalue weighted by molar-refractivity contribution is 6.30. The largest absolute Gasteiger partial charge is 0.351 e. The van der Waals surface area contributed by atoms with Crippen molar-refractivity contribution >= 4 is 34.3 Å². The van der Waals surface area contributed by atoms with Gasteiger partial charge in [0.05, 0.1) is 6.54 Å². The molecule has 1 unspecified atom stereocenters. The molecule has 6 heteroatoms. The quantitative estimate of drug-likeness (QED) is 0.477. The number of rotatable bonds is 5. The number of hydrogen-bond donors (Lipinski definition) is 1. The Labute approximate surface area is 212 Å². The summed E-state index contributed by atoms with van der Waals surface area (Å²) >= 11 is 6.06. The predicted molar refractivity (Wildman–Crippen MR) is 141 cm³/mol. The summed E-state index contributed by atoms with van der Waals surface area (Å²) in [5.41, 5.74) is 1.77. The van der Waals surface area contributed by atoms with E-state index in [4.69, 9.17) is 11.6 Å². The Morgan fingerprint density at radius 3 is 2.46 bits per heavy atom. The Kier molecular flexibility index (Phi) is 6.88. The normalized spacial score (nSPS) is 21.4. The third-order valence-electron chi connectivity index (χ3n) is 7.80. The molecule has 2 aliphatic rings. The monoisotopic (exact) mass is 491 g/mol. The van der Waals surface area contributed by atoms with E-state index in [1.807, 2.05) is 66.1 Å². The smallest absolute Gasteiger partial charge is 0.271 e. The zero-order valence-electron chi connectivity index (χ0n) is 20.4. The van der Waals surface area contributed by atoms with Crippen molar-refractivity contribution in [3.63, 3.8) is 0 Å². The van der Waals surface area contributed by atoms with Gasteiger partial charge in [-0.15, -0.1) is 0 Å². The molecular weight excluding hydrogens is 458 g/mol. The first kappa shape index (κ1) is 23.9.